The Labute approximate surface area is 419 Å². The van der Waals surface area contributed by atoms with Crippen LogP contribution in [0.4, 0.5) is 5.69 Å². The van der Waals surface area contributed by atoms with Gasteiger partial charge in [-0.25, -0.2) is 4.98 Å². The minimum Gasteiger partial charge on any atom is -0.506 e. The Hall–Kier alpha value is -4.56. The molecule has 69 heavy (non-hydrogen) atoms. The molecule has 3 rings (SSSR count). The first-order chi connectivity index (χ1) is 32.7. The Morgan fingerprint density at radius 1 is 1.01 bits per heavy atom. The molecule has 2 heterocycles. The molecular weight excluding hydrogens is 975 g/mol. The van der Waals surface area contributed by atoms with E-state index in [1.807, 2.05) is 34.7 Å². The fourth-order valence-corrected chi connectivity index (χ4v) is 9.52. The molecule has 0 radical (unpaired) electrons. The third kappa shape index (κ3) is 20.0. The number of nitrogens with zero attached hydrogens (tertiary/aromatic N) is 3. The van der Waals surface area contributed by atoms with Gasteiger partial charge in [0, 0.05) is 63.2 Å². The van der Waals surface area contributed by atoms with Crippen LogP contribution in [-0.2, 0) is 49.4 Å². The number of hydrogen-bond acceptors (Lipinski definition) is 14. The van der Waals surface area contributed by atoms with Gasteiger partial charge >= 0.3 is 11.9 Å². The highest BCUT2D eigenvalue weighted by Crippen LogP contribution is 2.33. The number of likely N-dealkylation sites (tertiary alicyclic amines) is 1. The number of piperidine rings is 1. The summed E-state index contributed by atoms with van der Waals surface area (Å²) in [7, 11) is 3.69. The number of nitrogens with one attached hydrogen (secondary N) is 2. The lowest BCUT2D eigenvalue weighted by atomic mass is 9.83. The SMILES string of the molecule is CC[C@H](C)C(CC(=O)[C@H]1CCCCN1C)C(=O)N(C)[C@H](C[C@@H](OC(C)=O)c1nc(C(=O)N[C@@H](Cc2ccc(O)c(NC(=O)CCOCCOCCCC(=O)/C=C/Br)c2)CC(C)C(=O)O)cs1)C(C)C. The van der Waals surface area contributed by atoms with E-state index in [9.17, 15) is 43.8 Å². The number of Topliss-reactive ketones (excluding diaryl/α,β-unsaturated/α-hetero) is 1. The fourth-order valence-electron chi connectivity index (χ4n) is 8.39. The number of hydrogen-bond donors (Lipinski definition) is 4. The molecule has 1 fully saturated rings. The second-order valence-corrected chi connectivity index (χ2v) is 19.8. The van der Waals surface area contributed by atoms with Crippen LogP contribution in [-0.4, -0.2) is 131 Å². The molecule has 3 amide bonds. The van der Waals surface area contributed by atoms with Gasteiger partial charge in [0.05, 0.1) is 43.9 Å². The molecule has 0 spiro atoms. The van der Waals surface area contributed by atoms with Gasteiger partial charge in [-0.2, -0.15) is 0 Å². The quantitative estimate of drug-likeness (QED) is 0.0248. The number of amides is 3. The summed E-state index contributed by atoms with van der Waals surface area (Å²) in [4.78, 5) is 101. The number of carbonyl (C=O) groups excluding carboxylic acids is 6. The average Bonchev–Trinajstić information content (AvgIpc) is 3.80. The molecular formula is C50H74BrN5O12S. The van der Waals surface area contributed by atoms with Crippen LogP contribution >= 0.6 is 27.3 Å². The summed E-state index contributed by atoms with van der Waals surface area (Å²) in [6.45, 7) is 12.7. The number of phenolic OH excluding ortho intramolecular Hbond substituents is 1. The van der Waals surface area contributed by atoms with E-state index < -0.39 is 53.8 Å². The molecule has 1 aromatic carbocycles. The Kier molecular flexibility index (Phi) is 25.7. The summed E-state index contributed by atoms with van der Waals surface area (Å²) >= 11 is 4.19. The highest BCUT2D eigenvalue weighted by molar-refractivity contribution is 9.11. The average molecular weight is 1050 g/mol. The van der Waals surface area contributed by atoms with Gasteiger partial charge in [-0.15, -0.1) is 11.3 Å². The lowest BCUT2D eigenvalue weighted by Gasteiger charge is -2.37. The van der Waals surface area contributed by atoms with Gasteiger partial charge in [0.15, 0.2) is 17.7 Å². The standard InChI is InChI=1S/C50H74BrN5O12S/c1-9-32(4)38(28-44(60)41-14-10-11-20-55(41)7)49(63)56(8)42(31(2)3)29-45(68-34(6)57)48-54-40(30-69-48)47(62)52-36(25-33(5)50(64)65)26-35-15-16-43(59)39(27-35)53-46(61)18-22-67-24-23-66-21-12-13-37(58)17-19-51/h15-17,19,27,30-33,36,38,41-42,45,59H,9-14,18,20-26,28-29H2,1-8H3,(H,52,62)(H,53,61)(H,64,65)/b19-17+/t32-,33?,36+,38?,41+,42+,45+/m0/s1. The van der Waals surface area contributed by atoms with E-state index in [1.54, 1.807) is 24.1 Å². The summed E-state index contributed by atoms with van der Waals surface area (Å²) in [6.07, 6.45) is 5.50. The zero-order valence-electron chi connectivity index (χ0n) is 41.5. The lowest BCUT2D eigenvalue weighted by molar-refractivity contribution is -0.149. The van der Waals surface area contributed by atoms with Crippen molar-refractivity contribution in [2.75, 3.05) is 52.4 Å². The van der Waals surface area contributed by atoms with Crippen LogP contribution in [0.3, 0.4) is 0 Å². The van der Waals surface area contributed by atoms with Crippen LogP contribution in [0.1, 0.15) is 133 Å². The van der Waals surface area contributed by atoms with Crippen molar-refractivity contribution in [1.29, 1.82) is 0 Å². The van der Waals surface area contributed by atoms with E-state index in [4.69, 9.17) is 14.2 Å². The number of esters is 1. The second kappa shape index (κ2) is 30.2. The van der Waals surface area contributed by atoms with E-state index in [0.29, 0.717) is 43.0 Å². The zero-order valence-corrected chi connectivity index (χ0v) is 43.9. The summed E-state index contributed by atoms with van der Waals surface area (Å²) in [6, 6.07) is 3.22. The number of carboxylic acid groups (broad SMARTS) is 1. The van der Waals surface area contributed by atoms with Crippen LogP contribution in [0.5, 0.6) is 5.75 Å². The number of ketones is 2. The number of anilines is 1. The van der Waals surface area contributed by atoms with Gasteiger partial charge in [-0.05, 0) is 86.3 Å². The third-order valence-electron chi connectivity index (χ3n) is 12.6. The number of halogens is 1. The normalized spacial score (nSPS) is 16.8. The van der Waals surface area contributed by atoms with Gasteiger partial charge in [0.1, 0.15) is 16.5 Å². The molecule has 384 valence electrons. The number of likely N-dealkylation sites (N-methyl/N-ethyl adjacent to an activating group) is 1. The van der Waals surface area contributed by atoms with Crippen molar-refractivity contribution in [2.24, 2.45) is 23.7 Å². The molecule has 17 nitrogen and oxygen atoms in total. The predicted molar refractivity (Wildman–Crippen MR) is 267 cm³/mol. The Morgan fingerprint density at radius 2 is 1.72 bits per heavy atom. The number of phenols is 1. The molecule has 1 aliphatic rings. The molecule has 7 atom stereocenters. The van der Waals surface area contributed by atoms with Crippen molar-refractivity contribution in [3.63, 3.8) is 0 Å². The molecule has 0 saturated carbocycles. The topological polar surface area (TPSA) is 231 Å². The molecule has 4 N–H and O–H groups in total. The molecule has 2 unspecified atom stereocenters. The summed E-state index contributed by atoms with van der Waals surface area (Å²) in [5.74, 6) is -4.40. The molecule has 0 bridgehead atoms. The summed E-state index contributed by atoms with van der Waals surface area (Å²) < 4.78 is 16.8. The molecule has 2 aromatic rings. The number of allylic oxidation sites excluding steroid dienone is 1. The Morgan fingerprint density at radius 3 is 2.36 bits per heavy atom. The molecule has 1 aliphatic heterocycles. The fraction of sp³-hybridized carbons (Fsp3) is 0.640. The highest BCUT2D eigenvalue weighted by Gasteiger charge is 2.38. The van der Waals surface area contributed by atoms with Crippen LogP contribution < -0.4 is 10.6 Å². The van der Waals surface area contributed by atoms with Crippen LogP contribution in [0.25, 0.3) is 0 Å². The second-order valence-electron chi connectivity index (χ2n) is 18.4. The molecule has 1 aromatic heterocycles. The van der Waals surface area contributed by atoms with Gasteiger partial charge < -0.3 is 40.0 Å². The number of carbonyl (C=O) groups is 7. The van der Waals surface area contributed by atoms with E-state index in [0.717, 1.165) is 37.1 Å². The summed E-state index contributed by atoms with van der Waals surface area (Å²) in [5, 5.41) is 27.8. The Bertz CT molecular complexity index is 2050. The smallest absolute Gasteiger partial charge is 0.306 e. The first-order valence-corrected chi connectivity index (χ1v) is 25.8. The lowest BCUT2D eigenvalue weighted by Crippen LogP contribution is -2.48. The molecule has 0 aliphatic carbocycles. The van der Waals surface area contributed by atoms with E-state index in [1.165, 1.54) is 36.4 Å². The van der Waals surface area contributed by atoms with Gasteiger partial charge in [-0.1, -0.05) is 69.5 Å². The largest absolute Gasteiger partial charge is 0.506 e. The minimum atomic E-state index is -1.06. The molecule has 1 saturated heterocycles. The van der Waals surface area contributed by atoms with Crippen molar-refractivity contribution in [3.8, 4) is 5.75 Å². The monoisotopic (exact) mass is 1050 g/mol. The van der Waals surface area contributed by atoms with Gasteiger partial charge in [0.25, 0.3) is 5.91 Å². The highest BCUT2D eigenvalue weighted by atomic mass is 79.9. The van der Waals surface area contributed by atoms with E-state index in [-0.39, 0.29) is 97.8 Å². The third-order valence-corrected chi connectivity index (χ3v) is 13.8. The van der Waals surface area contributed by atoms with Crippen LogP contribution in [0.15, 0.2) is 34.6 Å². The maximum absolute atomic E-state index is 14.4. The van der Waals surface area contributed by atoms with Crippen molar-refractivity contribution in [1.82, 2.24) is 20.1 Å². The number of thiazole rings is 1. The number of aromatic nitrogens is 1. The number of carboxylic acids is 1. The number of aromatic hydroxyl groups is 1. The van der Waals surface area contributed by atoms with Gasteiger partial charge in [-0.3, -0.25) is 38.5 Å². The maximum Gasteiger partial charge on any atom is 0.306 e. The number of ether oxygens (including phenoxy) is 3. The minimum absolute atomic E-state index is 0.00350. The summed E-state index contributed by atoms with van der Waals surface area (Å²) in [5.41, 5.74) is 0.749. The number of aliphatic carboxylic acids is 1. The maximum atomic E-state index is 14.4. The van der Waals surface area contributed by atoms with Crippen LogP contribution in [0, 0.1) is 23.7 Å². The van der Waals surface area contributed by atoms with Crippen LogP contribution in [0.2, 0.25) is 0 Å². The van der Waals surface area contributed by atoms with Crippen molar-refractivity contribution in [2.45, 2.75) is 136 Å². The first-order valence-electron chi connectivity index (χ1n) is 24.0. The Balaban J connectivity index is 1.71. The van der Waals surface area contributed by atoms with Crippen molar-refractivity contribution in [3.05, 3.63) is 50.9 Å². The van der Waals surface area contributed by atoms with Crippen molar-refractivity contribution < 1.29 is 58.0 Å². The first kappa shape index (κ1) is 58.8. The predicted octanol–water partition coefficient (Wildman–Crippen LogP) is 7.50. The molecule has 19 heteroatoms. The number of benzene rings is 1. The van der Waals surface area contributed by atoms with Gasteiger partial charge in [0.2, 0.25) is 11.8 Å². The zero-order chi connectivity index (χ0) is 51.2. The van der Waals surface area contributed by atoms with E-state index >= 15 is 0 Å². The number of rotatable bonds is 31. The van der Waals surface area contributed by atoms with E-state index in [2.05, 4.69) is 36.4 Å². The van der Waals surface area contributed by atoms with Crippen molar-refractivity contribution >= 4 is 74.2 Å².